The van der Waals surface area contributed by atoms with Crippen molar-refractivity contribution in [2.75, 3.05) is 29.9 Å². The van der Waals surface area contributed by atoms with Crippen LogP contribution in [-0.2, 0) is 32.6 Å². The Morgan fingerprint density at radius 3 is 2.39 bits per heavy atom. The number of fused-ring (bicyclic) bond motifs is 1. The van der Waals surface area contributed by atoms with Crippen LogP contribution in [0.25, 0.3) is 0 Å². The van der Waals surface area contributed by atoms with Crippen molar-refractivity contribution in [1.29, 1.82) is 0 Å². The van der Waals surface area contributed by atoms with Crippen molar-refractivity contribution >= 4 is 27.5 Å². The van der Waals surface area contributed by atoms with Gasteiger partial charge >= 0.3 is 0 Å². The zero-order valence-corrected chi connectivity index (χ0v) is 23.9. The fraction of sp³-hybridized carbons (Fsp3) is 0.333. The highest BCUT2D eigenvalue weighted by molar-refractivity contribution is 7.92. The fourth-order valence-electron chi connectivity index (χ4n) is 4.49. The molecule has 1 aliphatic heterocycles. The molecule has 0 bridgehead atoms. The number of anilines is 1. The van der Waals surface area contributed by atoms with Gasteiger partial charge in [0.25, 0.3) is 0 Å². The highest BCUT2D eigenvalue weighted by atomic mass is 32.2. The first-order valence-electron chi connectivity index (χ1n) is 13.5. The Labute approximate surface area is 239 Å². The highest BCUT2D eigenvalue weighted by Crippen LogP contribution is 2.36. The van der Waals surface area contributed by atoms with Gasteiger partial charge in [-0.2, -0.15) is 0 Å². The average Bonchev–Trinajstić information content (AvgIpc) is 3.45. The highest BCUT2D eigenvalue weighted by Gasteiger charge is 2.34. The largest absolute Gasteiger partial charge is 0.454 e. The van der Waals surface area contributed by atoms with Gasteiger partial charge in [0, 0.05) is 31.1 Å². The maximum absolute atomic E-state index is 14.8. The lowest BCUT2D eigenvalue weighted by atomic mass is 10.0. The number of carbonyl (C=O) groups excluding carboxylic acids is 2. The van der Waals surface area contributed by atoms with Gasteiger partial charge in [0.15, 0.2) is 11.5 Å². The van der Waals surface area contributed by atoms with E-state index in [1.807, 2.05) is 37.3 Å². The number of nitrogens with zero attached hydrogens (tertiary/aromatic N) is 2. The summed E-state index contributed by atoms with van der Waals surface area (Å²) >= 11 is 0. The summed E-state index contributed by atoms with van der Waals surface area (Å²) in [5.74, 6) is -1.05. The molecule has 3 aromatic carbocycles. The Balaban J connectivity index is 1.74. The summed E-state index contributed by atoms with van der Waals surface area (Å²) in [6.45, 7) is 2.95. The van der Waals surface area contributed by atoms with Crippen LogP contribution in [0.3, 0.4) is 0 Å². The summed E-state index contributed by atoms with van der Waals surface area (Å²) in [5.41, 5.74) is 1.21. The van der Waals surface area contributed by atoms with Gasteiger partial charge in [-0.15, -0.1) is 0 Å². The predicted molar refractivity (Wildman–Crippen MR) is 154 cm³/mol. The van der Waals surface area contributed by atoms with Gasteiger partial charge in [-0.1, -0.05) is 55.5 Å². The monoisotopic (exact) mass is 583 g/mol. The number of nitrogens with one attached hydrogen (secondary N) is 1. The number of hydrogen-bond donors (Lipinski definition) is 1. The molecule has 0 spiro atoms. The number of benzene rings is 3. The Hall–Kier alpha value is -4.12. The summed E-state index contributed by atoms with van der Waals surface area (Å²) in [7, 11) is -3.94. The van der Waals surface area contributed by atoms with Gasteiger partial charge in [-0.3, -0.25) is 13.9 Å². The van der Waals surface area contributed by atoms with Crippen LogP contribution < -0.4 is 19.1 Å². The molecular weight excluding hydrogens is 549 g/mol. The summed E-state index contributed by atoms with van der Waals surface area (Å²) in [5, 5.41) is 2.85. The zero-order valence-electron chi connectivity index (χ0n) is 23.1. The molecule has 0 unspecified atom stereocenters. The first-order chi connectivity index (χ1) is 19.7. The molecule has 0 radical (unpaired) electrons. The second kappa shape index (κ2) is 13.5. The molecule has 4 rings (SSSR count). The number of amides is 2. The molecule has 41 heavy (non-hydrogen) atoms. The fourth-order valence-corrected chi connectivity index (χ4v) is 5.54. The maximum Gasteiger partial charge on any atom is 0.244 e. The first-order valence-corrected chi connectivity index (χ1v) is 15.1. The van der Waals surface area contributed by atoms with Gasteiger partial charge in [0.05, 0.1) is 11.4 Å². The molecule has 218 valence electrons. The van der Waals surface area contributed by atoms with E-state index in [1.54, 1.807) is 12.1 Å². The Bertz CT molecular complexity index is 1470. The van der Waals surface area contributed by atoms with E-state index in [4.69, 9.17) is 9.47 Å². The third kappa shape index (κ3) is 7.35. The minimum absolute atomic E-state index is 0.00268. The summed E-state index contributed by atoms with van der Waals surface area (Å²) < 4.78 is 53.1. The van der Waals surface area contributed by atoms with Crippen LogP contribution in [0.1, 0.15) is 31.4 Å². The van der Waals surface area contributed by atoms with Gasteiger partial charge in [0.2, 0.25) is 28.6 Å². The van der Waals surface area contributed by atoms with Crippen LogP contribution in [0.15, 0.2) is 72.8 Å². The van der Waals surface area contributed by atoms with Crippen LogP contribution in [-0.4, -0.2) is 56.8 Å². The second-order valence-corrected chi connectivity index (χ2v) is 11.7. The molecule has 0 saturated heterocycles. The number of carbonyl (C=O) groups is 2. The molecule has 1 heterocycles. The molecule has 9 nitrogen and oxygen atoms in total. The molecule has 0 aromatic heterocycles. The van der Waals surface area contributed by atoms with Crippen molar-refractivity contribution in [1.82, 2.24) is 10.2 Å². The van der Waals surface area contributed by atoms with Crippen LogP contribution in [0.2, 0.25) is 0 Å². The van der Waals surface area contributed by atoms with E-state index in [0.717, 1.165) is 9.87 Å². The Kier molecular flexibility index (Phi) is 9.82. The van der Waals surface area contributed by atoms with Crippen molar-refractivity contribution in [2.24, 2.45) is 0 Å². The number of rotatable bonds is 13. The molecule has 1 N–H and O–H groups in total. The normalized spacial score (nSPS) is 13.0. The van der Waals surface area contributed by atoms with Crippen molar-refractivity contribution in [2.45, 2.75) is 39.3 Å². The predicted octanol–water partition coefficient (Wildman–Crippen LogP) is 3.88. The van der Waals surface area contributed by atoms with E-state index in [-0.39, 0.29) is 36.8 Å². The SMILES string of the molecule is CCCNC(=O)[C@@H](Cc1ccccc1)N(Cc1ccccc1F)C(=O)CN(c1ccc2c(c1)OCO2)S(=O)(=O)CC. The van der Waals surface area contributed by atoms with Gasteiger partial charge in [-0.25, -0.2) is 12.8 Å². The standard InChI is InChI=1S/C30H34FN3O6S/c1-3-16-32-30(36)26(17-22-10-6-5-7-11-22)33(19-23-12-8-9-13-25(23)31)29(35)20-34(41(37,38)4-2)24-14-15-27-28(18-24)40-21-39-27/h5-15,18,26H,3-4,16-17,19-21H2,1-2H3,(H,32,36)/t26-/m1/s1. The molecule has 0 saturated carbocycles. The van der Waals surface area contributed by atoms with E-state index in [2.05, 4.69) is 5.32 Å². The number of sulfonamides is 1. The molecule has 11 heteroatoms. The van der Waals surface area contributed by atoms with Crippen LogP contribution in [0.4, 0.5) is 10.1 Å². The zero-order chi connectivity index (χ0) is 29.4. The molecular formula is C30H34FN3O6S. The minimum atomic E-state index is -3.94. The number of halogens is 1. The topological polar surface area (TPSA) is 105 Å². The third-order valence-electron chi connectivity index (χ3n) is 6.74. The van der Waals surface area contributed by atoms with Crippen molar-refractivity contribution in [3.8, 4) is 11.5 Å². The van der Waals surface area contributed by atoms with Crippen LogP contribution >= 0.6 is 0 Å². The van der Waals surface area contributed by atoms with E-state index < -0.39 is 40.2 Å². The Morgan fingerprint density at radius 2 is 1.68 bits per heavy atom. The first kappa shape index (κ1) is 29.9. The average molecular weight is 584 g/mol. The smallest absolute Gasteiger partial charge is 0.244 e. The summed E-state index contributed by atoms with van der Waals surface area (Å²) in [6.07, 6.45) is 0.832. The Morgan fingerprint density at radius 1 is 0.976 bits per heavy atom. The third-order valence-corrected chi connectivity index (χ3v) is 8.48. The van der Waals surface area contributed by atoms with Crippen molar-refractivity contribution in [3.05, 3.63) is 89.7 Å². The van der Waals surface area contributed by atoms with Crippen LogP contribution in [0.5, 0.6) is 11.5 Å². The van der Waals surface area contributed by atoms with Crippen molar-refractivity contribution in [3.63, 3.8) is 0 Å². The summed E-state index contributed by atoms with van der Waals surface area (Å²) in [6, 6.07) is 18.8. The lowest BCUT2D eigenvalue weighted by molar-refractivity contribution is -0.140. The maximum atomic E-state index is 14.8. The van der Waals surface area contributed by atoms with Gasteiger partial charge in [0.1, 0.15) is 18.4 Å². The van der Waals surface area contributed by atoms with Gasteiger partial charge in [-0.05, 0) is 37.1 Å². The molecule has 3 aromatic rings. The molecule has 0 fully saturated rings. The second-order valence-electron chi connectivity index (χ2n) is 9.55. The van der Waals surface area contributed by atoms with Crippen LogP contribution in [0, 0.1) is 5.82 Å². The number of hydrogen-bond acceptors (Lipinski definition) is 6. The van der Waals surface area contributed by atoms with E-state index in [9.17, 15) is 22.4 Å². The lowest BCUT2D eigenvalue weighted by Gasteiger charge is -2.33. The molecule has 1 atom stereocenters. The van der Waals surface area contributed by atoms with E-state index >= 15 is 0 Å². The lowest BCUT2D eigenvalue weighted by Crippen LogP contribution is -2.53. The molecule has 0 aliphatic carbocycles. The van der Waals surface area contributed by atoms with E-state index in [0.29, 0.717) is 24.5 Å². The molecule has 1 aliphatic rings. The summed E-state index contributed by atoms with van der Waals surface area (Å²) in [4.78, 5) is 28.9. The number of ether oxygens (including phenoxy) is 2. The van der Waals surface area contributed by atoms with Crippen molar-refractivity contribution < 1.29 is 31.9 Å². The van der Waals surface area contributed by atoms with E-state index in [1.165, 1.54) is 42.2 Å². The van der Waals surface area contributed by atoms with Gasteiger partial charge < -0.3 is 19.7 Å². The quantitative estimate of drug-likeness (QED) is 0.328. The molecule has 2 amide bonds. The minimum Gasteiger partial charge on any atom is -0.454 e.